The van der Waals surface area contributed by atoms with E-state index in [1.165, 1.54) is 10.5 Å². The first-order valence-electron chi connectivity index (χ1n) is 5.51. The van der Waals surface area contributed by atoms with Crippen LogP contribution in [-0.4, -0.2) is 6.26 Å². The highest BCUT2D eigenvalue weighted by molar-refractivity contribution is 9.11. The van der Waals surface area contributed by atoms with Crippen molar-refractivity contribution in [1.29, 1.82) is 0 Å². The highest BCUT2D eigenvalue weighted by Crippen LogP contribution is 2.26. The van der Waals surface area contributed by atoms with Gasteiger partial charge in [-0.3, -0.25) is 0 Å². The van der Waals surface area contributed by atoms with E-state index in [0.717, 1.165) is 21.2 Å². The van der Waals surface area contributed by atoms with Gasteiger partial charge in [0.05, 0.1) is 0 Å². The maximum Gasteiger partial charge on any atom is 0.0488 e. The van der Waals surface area contributed by atoms with E-state index in [1.54, 1.807) is 11.8 Å². The fraction of sp³-hybridized carbons (Fsp3) is 0.143. The van der Waals surface area contributed by atoms with E-state index in [-0.39, 0.29) is 0 Å². The molecule has 0 aliphatic rings. The molecule has 0 spiro atoms. The number of rotatable bonds is 4. The summed E-state index contributed by atoms with van der Waals surface area (Å²) in [7, 11) is 0. The van der Waals surface area contributed by atoms with Crippen LogP contribution in [0.2, 0.25) is 0 Å². The van der Waals surface area contributed by atoms with Crippen molar-refractivity contribution in [3.05, 3.63) is 57.0 Å². The molecule has 0 radical (unpaired) electrons. The third kappa shape index (κ3) is 3.77. The Bertz CT molecular complexity index is 526. The standard InChI is InChI=1S/C14H13Br2NS/c1-18-12-5-2-10(3-6-12)9-17-14-7-4-11(15)8-13(14)16/h2-8,17H,9H2,1H3. The quantitative estimate of drug-likeness (QED) is 0.691. The molecule has 1 N–H and O–H groups in total. The van der Waals surface area contributed by atoms with Gasteiger partial charge in [-0.25, -0.2) is 0 Å². The highest BCUT2D eigenvalue weighted by Gasteiger charge is 2.00. The fourth-order valence-corrected chi connectivity index (χ4v) is 3.17. The molecule has 0 heterocycles. The molecule has 0 aliphatic carbocycles. The van der Waals surface area contributed by atoms with E-state index in [2.05, 4.69) is 73.8 Å². The van der Waals surface area contributed by atoms with Crippen molar-refractivity contribution in [2.45, 2.75) is 11.4 Å². The van der Waals surface area contributed by atoms with E-state index in [0.29, 0.717) is 0 Å². The van der Waals surface area contributed by atoms with Crippen molar-refractivity contribution < 1.29 is 0 Å². The minimum Gasteiger partial charge on any atom is -0.380 e. The normalized spacial score (nSPS) is 10.4. The van der Waals surface area contributed by atoms with E-state index in [9.17, 15) is 0 Å². The monoisotopic (exact) mass is 385 g/mol. The summed E-state index contributed by atoms with van der Waals surface area (Å²) in [6.07, 6.45) is 2.09. The number of thioether (sulfide) groups is 1. The van der Waals surface area contributed by atoms with Gasteiger partial charge in [0.2, 0.25) is 0 Å². The number of nitrogens with one attached hydrogen (secondary N) is 1. The summed E-state index contributed by atoms with van der Waals surface area (Å²) < 4.78 is 2.14. The zero-order chi connectivity index (χ0) is 13.0. The molecule has 1 nitrogen and oxygen atoms in total. The lowest BCUT2D eigenvalue weighted by Gasteiger charge is -2.09. The van der Waals surface area contributed by atoms with Crippen molar-refractivity contribution in [2.75, 3.05) is 11.6 Å². The summed E-state index contributed by atoms with van der Waals surface area (Å²) in [4.78, 5) is 1.29. The second-order valence-corrected chi connectivity index (χ2v) is 6.48. The van der Waals surface area contributed by atoms with Crippen molar-refractivity contribution >= 4 is 49.3 Å². The summed E-state index contributed by atoms with van der Waals surface area (Å²) in [5, 5.41) is 3.42. The zero-order valence-electron chi connectivity index (χ0n) is 9.91. The molecule has 0 saturated heterocycles. The minimum absolute atomic E-state index is 0.828. The van der Waals surface area contributed by atoms with Crippen molar-refractivity contribution in [3.63, 3.8) is 0 Å². The van der Waals surface area contributed by atoms with Crippen LogP contribution in [0.25, 0.3) is 0 Å². The van der Waals surface area contributed by atoms with Gasteiger partial charge in [0, 0.05) is 26.1 Å². The van der Waals surface area contributed by atoms with Gasteiger partial charge in [0.1, 0.15) is 0 Å². The molecule has 4 heteroatoms. The molecule has 94 valence electrons. The molecule has 0 unspecified atom stereocenters. The second kappa shape index (κ2) is 6.64. The van der Waals surface area contributed by atoms with Crippen molar-refractivity contribution in [1.82, 2.24) is 0 Å². The number of hydrogen-bond acceptors (Lipinski definition) is 2. The van der Waals surface area contributed by atoms with Crippen LogP contribution < -0.4 is 5.32 Å². The van der Waals surface area contributed by atoms with Gasteiger partial charge >= 0.3 is 0 Å². The Balaban J connectivity index is 2.02. The van der Waals surface area contributed by atoms with E-state index < -0.39 is 0 Å². The summed E-state index contributed by atoms with van der Waals surface area (Å²) in [6, 6.07) is 14.8. The SMILES string of the molecule is CSc1ccc(CNc2ccc(Br)cc2Br)cc1. The first-order chi connectivity index (χ1) is 8.69. The Morgan fingerprint density at radius 3 is 2.39 bits per heavy atom. The van der Waals surface area contributed by atoms with Crippen LogP contribution in [0.3, 0.4) is 0 Å². The predicted molar refractivity (Wildman–Crippen MR) is 87.4 cm³/mol. The van der Waals surface area contributed by atoms with Gasteiger partial charge < -0.3 is 5.32 Å². The Kier molecular flexibility index (Phi) is 5.15. The zero-order valence-corrected chi connectivity index (χ0v) is 13.9. The highest BCUT2D eigenvalue weighted by atomic mass is 79.9. The molecular formula is C14H13Br2NS. The molecule has 2 aromatic rings. The van der Waals surface area contributed by atoms with E-state index in [1.807, 2.05) is 12.1 Å². The number of halogens is 2. The molecule has 0 fully saturated rings. The Labute approximate surface area is 129 Å². The van der Waals surface area contributed by atoms with Crippen molar-refractivity contribution in [2.24, 2.45) is 0 Å². The van der Waals surface area contributed by atoms with Gasteiger partial charge in [-0.15, -0.1) is 11.8 Å². The number of anilines is 1. The van der Waals surface area contributed by atoms with E-state index in [4.69, 9.17) is 0 Å². The van der Waals surface area contributed by atoms with Crippen LogP contribution in [0.15, 0.2) is 56.3 Å². The van der Waals surface area contributed by atoms with Crippen LogP contribution in [-0.2, 0) is 6.54 Å². The van der Waals surface area contributed by atoms with Gasteiger partial charge in [-0.2, -0.15) is 0 Å². The molecule has 2 aromatic carbocycles. The Morgan fingerprint density at radius 1 is 1.06 bits per heavy atom. The van der Waals surface area contributed by atoms with Crippen LogP contribution in [0.4, 0.5) is 5.69 Å². The van der Waals surface area contributed by atoms with Crippen LogP contribution >= 0.6 is 43.6 Å². The van der Waals surface area contributed by atoms with E-state index >= 15 is 0 Å². The summed E-state index contributed by atoms with van der Waals surface area (Å²) >= 11 is 8.76. The van der Waals surface area contributed by atoms with Crippen LogP contribution in [0.1, 0.15) is 5.56 Å². The third-order valence-corrected chi connectivity index (χ3v) is 4.47. The molecule has 0 atom stereocenters. The Morgan fingerprint density at radius 2 is 1.78 bits per heavy atom. The largest absolute Gasteiger partial charge is 0.380 e. The van der Waals surface area contributed by atoms with Crippen molar-refractivity contribution in [3.8, 4) is 0 Å². The van der Waals surface area contributed by atoms with Crippen LogP contribution in [0.5, 0.6) is 0 Å². The molecule has 0 aromatic heterocycles. The molecular weight excluding hydrogens is 374 g/mol. The lowest BCUT2D eigenvalue weighted by atomic mass is 10.2. The summed E-state index contributed by atoms with van der Waals surface area (Å²) in [5.74, 6) is 0. The van der Waals surface area contributed by atoms with Crippen LogP contribution in [0, 0.1) is 0 Å². The first-order valence-corrected chi connectivity index (χ1v) is 8.32. The maximum absolute atomic E-state index is 3.55. The lowest BCUT2D eigenvalue weighted by Crippen LogP contribution is -1.99. The Hall–Kier alpha value is -0.450. The lowest BCUT2D eigenvalue weighted by molar-refractivity contribution is 1.14. The molecule has 0 aliphatic heterocycles. The minimum atomic E-state index is 0.828. The average Bonchev–Trinajstić information content (AvgIpc) is 2.38. The molecule has 0 saturated carbocycles. The fourth-order valence-electron chi connectivity index (χ4n) is 1.57. The first kappa shape index (κ1) is 14.0. The predicted octanol–water partition coefficient (Wildman–Crippen LogP) is 5.55. The maximum atomic E-state index is 3.55. The van der Waals surface area contributed by atoms with Gasteiger partial charge in [0.15, 0.2) is 0 Å². The average molecular weight is 387 g/mol. The van der Waals surface area contributed by atoms with Gasteiger partial charge in [-0.1, -0.05) is 28.1 Å². The second-order valence-electron chi connectivity index (χ2n) is 3.83. The summed E-state index contributed by atoms with van der Waals surface area (Å²) in [6.45, 7) is 0.828. The third-order valence-electron chi connectivity index (χ3n) is 2.57. The van der Waals surface area contributed by atoms with Gasteiger partial charge in [0.25, 0.3) is 0 Å². The number of hydrogen-bond donors (Lipinski definition) is 1. The molecule has 0 bridgehead atoms. The topological polar surface area (TPSA) is 12.0 Å². The van der Waals surface area contributed by atoms with Gasteiger partial charge in [-0.05, 0) is 58.1 Å². The molecule has 0 amide bonds. The number of benzene rings is 2. The summed E-state index contributed by atoms with van der Waals surface area (Å²) in [5.41, 5.74) is 2.38. The molecule has 2 rings (SSSR count). The smallest absolute Gasteiger partial charge is 0.0488 e. The molecule has 18 heavy (non-hydrogen) atoms.